The van der Waals surface area contributed by atoms with Crippen LogP contribution in [0.3, 0.4) is 0 Å². The van der Waals surface area contributed by atoms with E-state index in [0.29, 0.717) is 24.6 Å². The number of sulfonamides is 1. The Morgan fingerprint density at radius 1 is 1.26 bits per heavy atom. The molecule has 0 spiro atoms. The molecule has 2 fully saturated rings. The summed E-state index contributed by atoms with van der Waals surface area (Å²) in [6.07, 6.45) is -2.23. The number of pyridine rings is 1. The highest BCUT2D eigenvalue weighted by Gasteiger charge is 2.43. The second kappa shape index (κ2) is 10.5. The number of nitrogens with zero attached hydrogens (tertiary/aromatic N) is 1. The predicted octanol–water partition coefficient (Wildman–Crippen LogP) is 2.81. The van der Waals surface area contributed by atoms with Gasteiger partial charge in [0, 0.05) is 24.4 Å². The first kappa shape index (κ1) is 27.8. The summed E-state index contributed by atoms with van der Waals surface area (Å²) in [5.41, 5.74) is -2.49. The van der Waals surface area contributed by atoms with Crippen LogP contribution >= 0.6 is 0 Å². The van der Waals surface area contributed by atoms with Crippen LogP contribution in [0.2, 0.25) is 0 Å². The number of halogens is 3. The molecule has 0 unspecified atom stereocenters. The summed E-state index contributed by atoms with van der Waals surface area (Å²) in [5, 5.41) is 5.42. The molecule has 4 rings (SSSR count). The summed E-state index contributed by atoms with van der Waals surface area (Å²) in [6.45, 7) is 5.23. The molecule has 1 saturated carbocycles. The van der Waals surface area contributed by atoms with Crippen molar-refractivity contribution < 1.29 is 35.9 Å². The number of nitrogens with one attached hydrogen (secondary N) is 3. The Morgan fingerprint density at radius 2 is 1.97 bits per heavy atom. The number of benzene rings is 1. The summed E-state index contributed by atoms with van der Waals surface area (Å²) < 4.78 is 72.7. The van der Waals surface area contributed by atoms with Gasteiger partial charge < -0.3 is 15.4 Å². The van der Waals surface area contributed by atoms with E-state index in [4.69, 9.17) is 4.74 Å². The zero-order valence-electron chi connectivity index (χ0n) is 20.7. The number of allylic oxidation sites excluding steroid dienone is 1. The van der Waals surface area contributed by atoms with Gasteiger partial charge in [-0.3, -0.25) is 14.3 Å². The van der Waals surface area contributed by atoms with Crippen LogP contribution in [-0.4, -0.2) is 54.7 Å². The highest BCUT2D eigenvalue weighted by Crippen LogP contribution is 2.35. The van der Waals surface area contributed by atoms with Gasteiger partial charge in [0.25, 0.3) is 5.91 Å². The van der Waals surface area contributed by atoms with E-state index in [2.05, 4.69) is 26.9 Å². The lowest BCUT2D eigenvalue weighted by Crippen LogP contribution is -2.60. The average molecular weight is 555 g/mol. The van der Waals surface area contributed by atoms with Crippen molar-refractivity contribution in [1.29, 1.82) is 0 Å². The minimum atomic E-state index is -4.66. The first-order chi connectivity index (χ1) is 17.8. The Hall–Kier alpha value is -3.19. The third-order valence-corrected chi connectivity index (χ3v) is 8.44. The van der Waals surface area contributed by atoms with Gasteiger partial charge in [0.15, 0.2) is 0 Å². The fourth-order valence-electron chi connectivity index (χ4n) is 4.24. The van der Waals surface area contributed by atoms with Crippen molar-refractivity contribution >= 4 is 32.7 Å². The molecule has 0 bridgehead atoms. The van der Waals surface area contributed by atoms with Crippen molar-refractivity contribution in [3.05, 3.63) is 48.7 Å². The molecule has 13 heteroatoms. The molecule has 206 valence electrons. The van der Waals surface area contributed by atoms with Gasteiger partial charge in [-0.25, -0.2) is 13.4 Å². The molecule has 2 aliphatic rings. The molecular formula is C25H29F3N4O5S. The average Bonchev–Trinajstić information content (AvgIpc) is 3.62. The fraction of sp³-hybridized carbons (Fsp3) is 0.480. The summed E-state index contributed by atoms with van der Waals surface area (Å²) in [7, 11) is -3.82. The summed E-state index contributed by atoms with van der Waals surface area (Å²) in [4.78, 5) is 29.7. The molecule has 3 atom stereocenters. The Balaban J connectivity index is 1.46. The van der Waals surface area contributed by atoms with E-state index in [-0.39, 0.29) is 30.7 Å². The summed E-state index contributed by atoms with van der Waals surface area (Å²) in [5.74, 6) is -1.40. The number of ether oxygens (including phenoxy) is 1. The molecule has 1 aromatic heterocycles. The Labute approximate surface area is 218 Å². The van der Waals surface area contributed by atoms with Gasteiger partial charge >= 0.3 is 6.18 Å². The van der Waals surface area contributed by atoms with E-state index in [9.17, 15) is 31.2 Å². The number of fused-ring (bicyclic) bond motifs is 1. The minimum absolute atomic E-state index is 0.00346. The first-order valence-electron chi connectivity index (χ1n) is 12.2. The van der Waals surface area contributed by atoms with Gasteiger partial charge in [-0.05, 0) is 44.7 Å². The lowest BCUT2D eigenvalue weighted by atomic mass is 9.94. The highest BCUT2D eigenvalue weighted by atomic mass is 32.2. The predicted molar refractivity (Wildman–Crippen MR) is 134 cm³/mol. The lowest BCUT2D eigenvalue weighted by molar-refractivity contribution is -0.141. The van der Waals surface area contributed by atoms with Crippen molar-refractivity contribution in [2.75, 3.05) is 6.54 Å². The number of carbonyl (C=O) groups excluding carboxylic acids is 2. The second-order valence-electron chi connectivity index (χ2n) is 9.78. The molecule has 0 radical (unpaired) electrons. The standard InChI is InChI=1S/C25H29F3N4O5S/c1-3-4-11-24(2,23(34)32-38(35,36)16-9-10-16)31-22(33)19-12-15(14-29-19)37-20-13-21(25(26,27)28)30-18-8-6-5-7-17(18)20/h3,5-8,13,15-16,19,29H,1,4,9-12,14H2,2H3,(H,31,33)(H,32,34)/t15-,19+,24+/m1/s1. The zero-order chi connectivity index (χ0) is 27.7. The Bertz CT molecular complexity index is 1350. The Morgan fingerprint density at radius 3 is 2.63 bits per heavy atom. The smallest absolute Gasteiger partial charge is 0.433 e. The van der Waals surface area contributed by atoms with Crippen molar-refractivity contribution in [3.63, 3.8) is 0 Å². The maximum absolute atomic E-state index is 13.4. The SMILES string of the molecule is C=CCC[C@](C)(NC(=O)[C@@H]1C[C@@H](Oc2cc(C(F)(F)F)nc3ccccc23)CN1)C(=O)NS(=O)(=O)C1CC1. The number of rotatable bonds is 10. The normalized spacial score (nSPS) is 21.5. The topological polar surface area (TPSA) is 126 Å². The number of carbonyl (C=O) groups is 2. The second-order valence-corrected chi connectivity index (χ2v) is 11.7. The molecule has 1 saturated heterocycles. The van der Waals surface area contributed by atoms with E-state index in [1.165, 1.54) is 13.0 Å². The van der Waals surface area contributed by atoms with Crippen molar-refractivity contribution in [1.82, 2.24) is 20.3 Å². The maximum atomic E-state index is 13.4. The van der Waals surface area contributed by atoms with Crippen molar-refractivity contribution in [3.8, 4) is 5.75 Å². The molecule has 2 amide bonds. The number of aromatic nitrogens is 1. The van der Waals surface area contributed by atoms with Crippen LogP contribution in [0.25, 0.3) is 10.9 Å². The van der Waals surface area contributed by atoms with Crippen LogP contribution in [0.15, 0.2) is 43.0 Å². The van der Waals surface area contributed by atoms with Gasteiger partial charge in [0.05, 0.1) is 16.8 Å². The van der Waals surface area contributed by atoms with Crippen molar-refractivity contribution in [2.24, 2.45) is 0 Å². The van der Waals surface area contributed by atoms with Gasteiger partial charge in [-0.15, -0.1) is 6.58 Å². The van der Waals surface area contributed by atoms with Crippen LogP contribution < -0.4 is 20.1 Å². The lowest BCUT2D eigenvalue weighted by Gasteiger charge is -2.30. The van der Waals surface area contributed by atoms with Gasteiger partial charge in [0.2, 0.25) is 15.9 Å². The van der Waals surface area contributed by atoms with E-state index in [1.54, 1.807) is 24.3 Å². The van der Waals surface area contributed by atoms with E-state index in [1.807, 2.05) is 0 Å². The monoisotopic (exact) mass is 554 g/mol. The van der Waals surface area contributed by atoms with E-state index in [0.717, 1.165) is 6.07 Å². The molecule has 38 heavy (non-hydrogen) atoms. The maximum Gasteiger partial charge on any atom is 0.433 e. The number of amides is 2. The molecular weight excluding hydrogens is 525 g/mol. The highest BCUT2D eigenvalue weighted by molar-refractivity contribution is 7.90. The molecule has 1 aliphatic carbocycles. The fourth-order valence-corrected chi connectivity index (χ4v) is 5.65. The summed E-state index contributed by atoms with van der Waals surface area (Å²) in [6, 6.07) is 6.32. The van der Waals surface area contributed by atoms with E-state index < -0.39 is 56.6 Å². The first-order valence-corrected chi connectivity index (χ1v) is 13.7. The number of para-hydroxylation sites is 1. The quantitative estimate of drug-likeness (QED) is 0.386. The number of hydrogen-bond donors (Lipinski definition) is 3. The van der Waals surface area contributed by atoms with Gasteiger partial charge in [-0.1, -0.05) is 18.2 Å². The van der Waals surface area contributed by atoms with Crippen LogP contribution in [0.5, 0.6) is 5.75 Å². The zero-order valence-corrected chi connectivity index (χ0v) is 21.5. The number of hydrogen-bond acceptors (Lipinski definition) is 7. The molecule has 2 aromatic rings. The van der Waals surface area contributed by atoms with Gasteiger partial charge in [0.1, 0.15) is 23.1 Å². The van der Waals surface area contributed by atoms with Crippen LogP contribution in [0.4, 0.5) is 13.2 Å². The minimum Gasteiger partial charge on any atom is -0.488 e. The molecule has 1 aromatic carbocycles. The van der Waals surface area contributed by atoms with Crippen LogP contribution in [-0.2, 0) is 25.8 Å². The third kappa shape index (κ3) is 6.26. The van der Waals surface area contributed by atoms with Crippen molar-refractivity contribution in [2.45, 2.75) is 68.1 Å². The van der Waals surface area contributed by atoms with Crippen LogP contribution in [0, 0.1) is 0 Å². The number of alkyl halides is 3. The molecule has 2 heterocycles. The van der Waals surface area contributed by atoms with Gasteiger partial charge in [-0.2, -0.15) is 13.2 Å². The van der Waals surface area contributed by atoms with E-state index >= 15 is 0 Å². The Kier molecular flexibility index (Phi) is 7.71. The van der Waals surface area contributed by atoms with Crippen LogP contribution in [0.1, 0.15) is 44.7 Å². The third-order valence-electron chi connectivity index (χ3n) is 6.62. The molecule has 3 N–H and O–H groups in total. The molecule has 1 aliphatic heterocycles. The summed E-state index contributed by atoms with van der Waals surface area (Å²) >= 11 is 0. The largest absolute Gasteiger partial charge is 0.488 e. The molecule has 9 nitrogen and oxygen atoms in total.